The lowest BCUT2D eigenvalue weighted by Crippen LogP contribution is -2.29. The Balaban J connectivity index is 1.85. The number of likely N-dealkylation sites (tertiary alicyclic amines) is 1. The second-order valence-electron chi connectivity index (χ2n) is 9.81. The predicted molar refractivity (Wildman–Crippen MR) is 150 cm³/mol. The second-order valence-corrected chi connectivity index (χ2v) is 9.81. The highest BCUT2D eigenvalue weighted by Crippen LogP contribution is 2.42. The lowest BCUT2D eigenvalue weighted by Gasteiger charge is -2.26. The fourth-order valence-corrected chi connectivity index (χ4v) is 4.76. The van der Waals surface area contributed by atoms with Gasteiger partial charge in [-0.2, -0.15) is 0 Å². The van der Waals surface area contributed by atoms with Crippen LogP contribution >= 0.6 is 0 Å². The van der Waals surface area contributed by atoms with Crippen LogP contribution in [-0.2, 0) is 16.1 Å². The van der Waals surface area contributed by atoms with Crippen LogP contribution in [0.25, 0.3) is 5.76 Å². The molecule has 4 rings (SSSR count). The highest BCUT2D eigenvalue weighted by atomic mass is 16.5. The zero-order chi connectivity index (χ0) is 28.1. The number of ketones is 1. The first-order chi connectivity index (χ1) is 18.7. The number of para-hydroxylation sites is 1. The lowest BCUT2D eigenvalue weighted by molar-refractivity contribution is -0.140. The van der Waals surface area contributed by atoms with Crippen LogP contribution in [0.3, 0.4) is 0 Å². The molecule has 1 unspecified atom stereocenters. The molecule has 1 aliphatic heterocycles. The number of aliphatic hydroxyl groups excluding tert-OH is 1. The second kappa shape index (κ2) is 12.1. The molecule has 1 heterocycles. The minimum absolute atomic E-state index is 0.0261. The Morgan fingerprint density at radius 3 is 2.46 bits per heavy atom. The van der Waals surface area contributed by atoms with E-state index in [0.29, 0.717) is 35.0 Å². The molecular formula is C32H35NO6. The molecule has 1 N–H and O–H groups in total. The fourth-order valence-electron chi connectivity index (χ4n) is 4.76. The average Bonchev–Trinajstić information content (AvgIpc) is 3.17. The number of ether oxygens (including phenoxy) is 3. The van der Waals surface area contributed by atoms with Gasteiger partial charge in [-0.05, 0) is 74.7 Å². The van der Waals surface area contributed by atoms with Crippen molar-refractivity contribution < 1.29 is 28.9 Å². The summed E-state index contributed by atoms with van der Waals surface area (Å²) in [5, 5.41) is 11.5. The number of hydrogen-bond donors (Lipinski definition) is 1. The molecule has 1 aliphatic rings. The van der Waals surface area contributed by atoms with Crippen LogP contribution in [0, 0.1) is 6.92 Å². The van der Waals surface area contributed by atoms with Gasteiger partial charge in [-0.1, -0.05) is 37.3 Å². The molecule has 0 spiro atoms. The molecule has 0 saturated carbocycles. The van der Waals surface area contributed by atoms with Gasteiger partial charge in [-0.15, -0.1) is 0 Å². The third kappa shape index (κ3) is 5.93. The van der Waals surface area contributed by atoms with Gasteiger partial charge < -0.3 is 24.2 Å². The van der Waals surface area contributed by atoms with Gasteiger partial charge in [0.1, 0.15) is 23.0 Å². The Morgan fingerprint density at radius 2 is 1.77 bits per heavy atom. The minimum atomic E-state index is -0.832. The number of amides is 1. The molecule has 204 valence electrons. The summed E-state index contributed by atoms with van der Waals surface area (Å²) in [7, 11) is 1.56. The number of aliphatic hydroxyl groups is 1. The van der Waals surface area contributed by atoms with Gasteiger partial charge in [0.15, 0.2) is 0 Å². The monoisotopic (exact) mass is 529 g/mol. The number of aryl methyl sites for hydroxylation is 1. The summed E-state index contributed by atoms with van der Waals surface area (Å²) in [5.41, 5.74) is 2.68. The first kappa shape index (κ1) is 27.8. The number of rotatable bonds is 10. The van der Waals surface area contributed by atoms with E-state index in [4.69, 9.17) is 14.2 Å². The van der Waals surface area contributed by atoms with Crippen molar-refractivity contribution in [3.05, 3.63) is 94.6 Å². The molecule has 7 heteroatoms. The first-order valence-corrected chi connectivity index (χ1v) is 13.2. The zero-order valence-electron chi connectivity index (χ0n) is 23.1. The van der Waals surface area contributed by atoms with E-state index in [9.17, 15) is 14.7 Å². The average molecular weight is 530 g/mol. The summed E-state index contributed by atoms with van der Waals surface area (Å²) < 4.78 is 17.2. The van der Waals surface area contributed by atoms with E-state index >= 15 is 0 Å². The van der Waals surface area contributed by atoms with Gasteiger partial charge in [-0.25, -0.2) is 0 Å². The number of carbonyl (C=O) groups excluding carboxylic acids is 2. The molecule has 0 radical (unpaired) electrons. The third-order valence-electron chi connectivity index (χ3n) is 6.53. The van der Waals surface area contributed by atoms with Crippen LogP contribution in [0.4, 0.5) is 0 Å². The van der Waals surface area contributed by atoms with Gasteiger partial charge in [0, 0.05) is 11.1 Å². The number of carbonyl (C=O) groups is 2. The molecule has 1 fully saturated rings. The summed E-state index contributed by atoms with van der Waals surface area (Å²) >= 11 is 0. The molecule has 0 aliphatic carbocycles. The van der Waals surface area contributed by atoms with Crippen LogP contribution < -0.4 is 14.2 Å². The van der Waals surface area contributed by atoms with E-state index in [1.165, 1.54) is 4.90 Å². The summed E-state index contributed by atoms with van der Waals surface area (Å²) in [6, 6.07) is 19.1. The van der Waals surface area contributed by atoms with Crippen molar-refractivity contribution in [1.29, 1.82) is 0 Å². The largest absolute Gasteiger partial charge is 0.507 e. The van der Waals surface area contributed by atoms with E-state index in [1.54, 1.807) is 25.3 Å². The summed E-state index contributed by atoms with van der Waals surface area (Å²) in [6.07, 6.45) is 0.813. The van der Waals surface area contributed by atoms with Crippen molar-refractivity contribution >= 4 is 17.4 Å². The van der Waals surface area contributed by atoms with Crippen LogP contribution in [0.5, 0.6) is 17.2 Å². The molecular weight excluding hydrogens is 494 g/mol. The molecule has 0 bridgehead atoms. The van der Waals surface area contributed by atoms with Crippen molar-refractivity contribution in [2.45, 2.75) is 52.8 Å². The summed E-state index contributed by atoms with van der Waals surface area (Å²) in [5.74, 6) is 0.252. The molecule has 3 aromatic rings. The number of Topliss-reactive ketones (excluding diaryl/α,β-unsaturated/α-hetero) is 1. The minimum Gasteiger partial charge on any atom is -0.507 e. The van der Waals surface area contributed by atoms with Gasteiger partial charge in [0.05, 0.1) is 38.0 Å². The van der Waals surface area contributed by atoms with Gasteiger partial charge >= 0.3 is 0 Å². The number of nitrogens with zero attached hydrogens (tertiary/aromatic N) is 1. The Hall–Kier alpha value is -4.26. The van der Waals surface area contributed by atoms with Crippen molar-refractivity contribution in [3.63, 3.8) is 0 Å². The molecule has 39 heavy (non-hydrogen) atoms. The Bertz CT molecular complexity index is 1390. The van der Waals surface area contributed by atoms with Crippen LogP contribution in [0.1, 0.15) is 55.5 Å². The molecule has 3 aromatic carbocycles. The third-order valence-corrected chi connectivity index (χ3v) is 6.53. The van der Waals surface area contributed by atoms with Crippen molar-refractivity contribution in [2.75, 3.05) is 13.7 Å². The maximum absolute atomic E-state index is 13.5. The predicted octanol–water partition coefficient (Wildman–Crippen LogP) is 6.20. The maximum Gasteiger partial charge on any atom is 0.295 e. The van der Waals surface area contributed by atoms with Gasteiger partial charge in [0.2, 0.25) is 0 Å². The van der Waals surface area contributed by atoms with E-state index in [1.807, 2.05) is 76.2 Å². The topological polar surface area (TPSA) is 85.3 Å². The normalized spacial score (nSPS) is 16.6. The van der Waals surface area contributed by atoms with Crippen LogP contribution in [0.15, 0.2) is 72.3 Å². The van der Waals surface area contributed by atoms with Gasteiger partial charge in [-0.3, -0.25) is 9.59 Å². The van der Waals surface area contributed by atoms with Crippen LogP contribution in [0.2, 0.25) is 0 Å². The summed E-state index contributed by atoms with van der Waals surface area (Å²) in [4.78, 5) is 28.5. The van der Waals surface area contributed by atoms with Crippen LogP contribution in [-0.4, -0.2) is 41.5 Å². The lowest BCUT2D eigenvalue weighted by atomic mass is 9.94. The number of methoxy groups -OCH3 is 1. The Morgan fingerprint density at radius 1 is 1.00 bits per heavy atom. The molecule has 0 aromatic heterocycles. The van der Waals surface area contributed by atoms with E-state index in [2.05, 4.69) is 0 Å². The smallest absolute Gasteiger partial charge is 0.295 e. The Kier molecular flexibility index (Phi) is 8.59. The number of benzene rings is 3. The van der Waals surface area contributed by atoms with Gasteiger partial charge in [0.25, 0.3) is 11.7 Å². The molecule has 1 atom stereocenters. The van der Waals surface area contributed by atoms with E-state index < -0.39 is 17.7 Å². The maximum atomic E-state index is 13.5. The van der Waals surface area contributed by atoms with Crippen molar-refractivity contribution in [2.24, 2.45) is 0 Å². The first-order valence-electron chi connectivity index (χ1n) is 13.2. The highest BCUT2D eigenvalue weighted by molar-refractivity contribution is 6.46. The van der Waals surface area contributed by atoms with E-state index in [-0.39, 0.29) is 24.0 Å². The molecule has 7 nitrogen and oxygen atoms in total. The Labute approximate surface area is 229 Å². The zero-order valence-corrected chi connectivity index (χ0v) is 23.1. The SMILES string of the molecule is CCCOc1ccc(/C(O)=C2\C(=O)C(=O)N(Cc3ccccc3OC)C2c2cccc(OC(C)C)c2)cc1C. The van der Waals surface area contributed by atoms with E-state index in [0.717, 1.165) is 17.5 Å². The van der Waals surface area contributed by atoms with Crippen molar-refractivity contribution in [1.82, 2.24) is 4.90 Å². The summed E-state index contributed by atoms with van der Waals surface area (Å²) in [6.45, 7) is 8.46. The fraction of sp³-hybridized carbons (Fsp3) is 0.312. The molecule has 1 amide bonds. The number of hydrogen-bond acceptors (Lipinski definition) is 6. The van der Waals surface area contributed by atoms with Crippen molar-refractivity contribution in [3.8, 4) is 17.2 Å². The quantitative estimate of drug-likeness (QED) is 0.191. The molecule has 1 saturated heterocycles. The highest BCUT2D eigenvalue weighted by Gasteiger charge is 2.46. The standard InChI is InChI=1S/C32H35NO6/c1-6-16-38-26-15-14-23(17-21(26)4)30(34)28-29(22-11-9-12-25(18-22)39-20(2)3)33(32(36)31(28)35)19-24-10-7-8-13-27(24)37-5/h7-15,17-18,20,29,34H,6,16,19H2,1-5H3/b30-28+.